The molecule has 2 N–H and O–H groups in total. The number of anilines is 1. The fourth-order valence-corrected chi connectivity index (χ4v) is 3.93. The normalized spacial score (nSPS) is 17.2. The molecule has 190 valence electrons. The van der Waals surface area contributed by atoms with Gasteiger partial charge in [0.1, 0.15) is 23.9 Å². The Hall–Kier alpha value is -3.99. The summed E-state index contributed by atoms with van der Waals surface area (Å²) in [5.41, 5.74) is 0.895. The molecule has 3 amide bonds. The van der Waals surface area contributed by atoms with Crippen molar-refractivity contribution in [2.24, 2.45) is 5.92 Å². The van der Waals surface area contributed by atoms with Gasteiger partial charge in [0.15, 0.2) is 0 Å². The standard InChI is InChI=1S/C28H33N3O5/c1-7-19-10-8-9-11-22(19)25(26(33)30-20-12-14-21(35-6)15-13-20)31(23-16-18(23)2)24(32)17-29-27(34)36-28(3,4)5/h1,8-15,18,23,25H,16-17H2,2-6H3,(H,29,34)(H,30,33). The number of carbonyl (C=O) groups is 3. The molecule has 0 heterocycles. The third kappa shape index (κ3) is 6.79. The summed E-state index contributed by atoms with van der Waals surface area (Å²) in [5.74, 6) is 2.66. The van der Waals surface area contributed by atoms with Crippen molar-refractivity contribution < 1.29 is 23.9 Å². The van der Waals surface area contributed by atoms with Crippen molar-refractivity contribution in [2.75, 3.05) is 19.0 Å². The maximum absolute atomic E-state index is 13.7. The average Bonchev–Trinajstić information content (AvgIpc) is 3.55. The summed E-state index contributed by atoms with van der Waals surface area (Å²) in [6, 6.07) is 12.8. The first-order valence-corrected chi connectivity index (χ1v) is 11.8. The van der Waals surface area contributed by atoms with Gasteiger partial charge < -0.3 is 25.0 Å². The number of rotatable bonds is 8. The zero-order valence-corrected chi connectivity index (χ0v) is 21.3. The van der Waals surface area contributed by atoms with E-state index in [9.17, 15) is 14.4 Å². The van der Waals surface area contributed by atoms with Crippen molar-refractivity contribution >= 4 is 23.6 Å². The van der Waals surface area contributed by atoms with Crippen molar-refractivity contribution in [2.45, 2.75) is 51.8 Å². The number of amides is 3. The predicted octanol–water partition coefficient (Wildman–Crippen LogP) is 4.12. The van der Waals surface area contributed by atoms with Crippen molar-refractivity contribution in [1.29, 1.82) is 0 Å². The lowest BCUT2D eigenvalue weighted by atomic mass is 9.97. The van der Waals surface area contributed by atoms with Gasteiger partial charge in [-0.25, -0.2) is 4.79 Å². The number of hydrogen-bond acceptors (Lipinski definition) is 5. The number of nitrogens with zero attached hydrogens (tertiary/aromatic N) is 1. The van der Waals surface area contributed by atoms with Crippen LogP contribution >= 0.6 is 0 Å². The molecule has 8 nitrogen and oxygen atoms in total. The number of nitrogens with one attached hydrogen (secondary N) is 2. The Labute approximate surface area is 212 Å². The zero-order chi connectivity index (χ0) is 26.5. The van der Waals surface area contributed by atoms with Crippen LogP contribution in [0.25, 0.3) is 0 Å². The van der Waals surface area contributed by atoms with Crippen LogP contribution in [-0.2, 0) is 14.3 Å². The van der Waals surface area contributed by atoms with Gasteiger partial charge in [0.25, 0.3) is 5.91 Å². The molecule has 0 radical (unpaired) electrons. The van der Waals surface area contributed by atoms with Crippen molar-refractivity contribution in [1.82, 2.24) is 10.2 Å². The molecule has 1 saturated carbocycles. The van der Waals surface area contributed by atoms with Crippen LogP contribution in [0, 0.1) is 18.3 Å². The zero-order valence-electron chi connectivity index (χ0n) is 21.3. The van der Waals surface area contributed by atoms with Crippen LogP contribution in [0.15, 0.2) is 48.5 Å². The summed E-state index contributed by atoms with van der Waals surface area (Å²) in [6.07, 6.45) is 5.79. The number of carbonyl (C=O) groups excluding carboxylic acids is 3. The highest BCUT2D eigenvalue weighted by molar-refractivity contribution is 5.99. The maximum Gasteiger partial charge on any atom is 0.408 e. The molecule has 1 aliphatic rings. The van der Waals surface area contributed by atoms with Gasteiger partial charge in [0.2, 0.25) is 5.91 Å². The van der Waals surface area contributed by atoms with E-state index in [0.717, 1.165) is 6.42 Å². The number of alkyl carbamates (subject to hydrolysis) is 1. The minimum absolute atomic E-state index is 0.171. The van der Waals surface area contributed by atoms with Gasteiger partial charge in [-0.2, -0.15) is 0 Å². The van der Waals surface area contributed by atoms with Gasteiger partial charge >= 0.3 is 6.09 Å². The smallest absolute Gasteiger partial charge is 0.408 e. The molecule has 36 heavy (non-hydrogen) atoms. The number of terminal acetylenes is 1. The van der Waals surface area contributed by atoms with E-state index >= 15 is 0 Å². The Morgan fingerprint density at radius 3 is 2.33 bits per heavy atom. The summed E-state index contributed by atoms with van der Waals surface area (Å²) >= 11 is 0. The lowest BCUT2D eigenvalue weighted by Crippen LogP contribution is -2.48. The lowest BCUT2D eigenvalue weighted by molar-refractivity contribution is -0.139. The Morgan fingerprint density at radius 2 is 1.78 bits per heavy atom. The van der Waals surface area contributed by atoms with Crippen LogP contribution in [0.3, 0.4) is 0 Å². The van der Waals surface area contributed by atoms with E-state index in [1.54, 1.807) is 76.4 Å². The second kappa shape index (κ2) is 11.2. The Morgan fingerprint density at radius 1 is 1.14 bits per heavy atom. The molecule has 0 aliphatic heterocycles. The van der Waals surface area contributed by atoms with Gasteiger partial charge in [-0.1, -0.05) is 31.0 Å². The summed E-state index contributed by atoms with van der Waals surface area (Å²) < 4.78 is 10.4. The monoisotopic (exact) mass is 491 g/mol. The first-order chi connectivity index (χ1) is 17.0. The van der Waals surface area contributed by atoms with Crippen LogP contribution in [-0.4, -0.2) is 48.1 Å². The average molecular weight is 492 g/mol. The molecule has 0 bridgehead atoms. The number of ether oxygens (including phenoxy) is 2. The Kier molecular flexibility index (Phi) is 8.25. The molecular formula is C28H33N3O5. The molecule has 3 unspecified atom stereocenters. The Bertz CT molecular complexity index is 1150. The van der Waals surface area contributed by atoms with E-state index in [0.29, 0.717) is 22.6 Å². The van der Waals surface area contributed by atoms with Crippen LogP contribution in [0.4, 0.5) is 10.5 Å². The van der Waals surface area contributed by atoms with E-state index in [-0.39, 0.29) is 18.5 Å². The van der Waals surface area contributed by atoms with Crippen molar-refractivity contribution in [3.63, 3.8) is 0 Å². The minimum Gasteiger partial charge on any atom is -0.497 e. The van der Waals surface area contributed by atoms with Crippen molar-refractivity contribution in [3.8, 4) is 18.1 Å². The second-order valence-corrected chi connectivity index (χ2v) is 9.79. The highest BCUT2D eigenvalue weighted by Gasteiger charge is 2.46. The maximum atomic E-state index is 13.7. The van der Waals surface area contributed by atoms with Crippen LogP contribution in [0.2, 0.25) is 0 Å². The predicted molar refractivity (Wildman–Crippen MR) is 137 cm³/mol. The minimum atomic E-state index is -0.998. The topological polar surface area (TPSA) is 97.0 Å². The number of methoxy groups -OCH3 is 1. The molecular weight excluding hydrogens is 458 g/mol. The second-order valence-electron chi connectivity index (χ2n) is 9.79. The summed E-state index contributed by atoms with van der Waals surface area (Å²) in [6.45, 7) is 6.91. The third-order valence-electron chi connectivity index (χ3n) is 5.79. The molecule has 3 atom stereocenters. The van der Waals surface area contributed by atoms with Gasteiger partial charge in [-0.05, 0) is 69.0 Å². The summed E-state index contributed by atoms with van der Waals surface area (Å²) in [4.78, 5) is 41.0. The first kappa shape index (κ1) is 26.6. The molecule has 1 aliphatic carbocycles. The molecule has 0 saturated heterocycles. The molecule has 1 fully saturated rings. The fourth-order valence-electron chi connectivity index (χ4n) is 3.93. The summed E-state index contributed by atoms with van der Waals surface area (Å²) in [5, 5.41) is 5.42. The van der Waals surface area contributed by atoms with Crippen LogP contribution < -0.4 is 15.4 Å². The van der Waals surface area contributed by atoms with Gasteiger partial charge in [-0.3, -0.25) is 9.59 Å². The highest BCUT2D eigenvalue weighted by atomic mass is 16.6. The van der Waals surface area contributed by atoms with Crippen LogP contribution in [0.5, 0.6) is 5.75 Å². The van der Waals surface area contributed by atoms with E-state index in [1.165, 1.54) is 4.90 Å². The van der Waals surface area contributed by atoms with Crippen LogP contribution in [0.1, 0.15) is 51.3 Å². The number of benzene rings is 2. The SMILES string of the molecule is C#Cc1ccccc1C(C(=O)Nc1ccc(OC)cc1)N(C(=O)CNC(=O)OC(C)(C)C)C1CC1C. The van der Waals surface area contributed by atoms with E-state index in [2.05, 4.69) is 16.6 Å². The molecule has 2 aromatic rings. The molecule has 0 aromatic heterocycles. The quantitative estimate of drug-likeness (QED) is 0.542. The van der Waals surface area contributed by atoms with Gasteiger partial charge in [0.05, 0.1) is 7.11 Å². The lowest BCUT2D eigenvalue weighted by Gasteiger charge is -2.33. The summed E-state index contributed by atoms with van der Waals surface area (Å²) in [7, 11) is 1.56. The van der Waals surface area contributed by atoms with Gasteiger partial charge in [0, 0.05) is 17.3 Å². The third-order valence-corrected chi connectivity index (χ3v) is 5.79. The highest BCUT2D eigenvalue weighted by Crippen LogP contribution is 2.41. The van der Waals surface area contributed by atoms with Crippen molar-refractivity contribution in [3.05, 3.63) is 59.7 Å². The molecule has 3 rings (SSSR count). The Balaban J connectivity index is 1.93. The van der Waals surface area contributed by atoms with E-state index in [1.807, 2.05) is 6.92 Å². The van der Waals surface area contributed by atoms with E-state index in [4.69, 9.17) is 15.9 Å². The molecule has 0 spiro atoms. The van der Waals surface area contributed by atoms with E-state index < -0.39 is 29.6 Å². The first-order valence-electron chi connectivity index (χ1n) is 11.8. The largest absolute Gasteiger partial charge is 0.497 e. The van der Waals surface area contributed by atoms with Gasteiger partial charge in [-0.15, -0.1) is 6.42 Å². The molecule has 2 aromatic carbocycles. The molecule has 8 heteroatoms. The fraction of sp³-hybridized carbons (Fsp3) is 0.393. The number of hydrogen-bond donors (Lipinski definition) is 2.